The van der Waals surface area contributed by atoms with E-state index < -0.39 is 0 Å². The van der Waals surface area contributed by atoms with Crippen molar-refractivity contribution in [3.05, 3.63) is 29.3 Å². The van der Waals surface area contributed by atoms with Gasteiger partial charge in [0.2, 0.25) is 0 Å². The number of aliphatic imine (C=N–C) groups is 1. The highest BCUT2D eigenvalue weighted by molar-refractivity contribution is 5.88. The quantitative estimate of drug-likeness (QED) is 0.912. The van der Waals surface area contributed by atoms with Gasteiger partial charge in [-0.3, -0.25) is 4.99 Å². The standard InChI is InChI=1S/C18H27N3/c1-14-7-6-10-17(15(14)2)20-13-18-19-11-12-21(18)16-8-4-3-5-9-16/h6-7,10,16,20H,3-5,8-9,11-13H2,1-2H3. The van der Waals surface area contributed by atoms with E-state index in [9.17, 15) is 0 Å². The van der Waals surface area contributed by atoms with Gasteiger partial charge in [-0.25, -0.2) is 0 Å². The SMILES string of the molecule is Cc1cccc(NCC2=NCCN2C2CCCCC2)c1C. The molecule has 0 aromatic heterocycles. The van der Waals surface area contributed by atoms with Gasteiger partial charge in [-0.15, -0.1) is 0 Å². The first-order valence-corrected chi connectivity index (χ1v) is 8.36. The number of hydrogen-bond acceptors (Lipinski definition) is 3. The molecule has 3 nitrogen and oxygen atoms in total. The van der Waals surface area contributed by atoms with Crippen LogP contribution in [0, 0.1) is 13.8 Å². The lowest BCUT2D eigenvalue weighted by molar-refractivity contribution is 0.258. The number of nitrogens with one attached hydrogen (secondary N) is 1. The zero-order valence-corrected chi connectivity index (χ0v) is 13.4. The minimum atomic E-state index is 0.736. The predicted octanol–water partition coefficient (Wildman–Crippen LogP) is 3.76. The maximum atomic E-state index is 4.74. The second-order valence-electron chi connectivity index (χ2n) is 6.38. The normalized spacial score (nSPS) is 19.7. The third-order valence-electron chi connectivity index (χ3n) is 5.02. The molecule has 3 rings (SSSR count). The van der Waals surface area contributed by atoms with Crippen molar-refractivity contribution in [2.45, 2.75) is 52.0 Å². The summed E-state index contributed by atoms with van der Waals surface area (Å²) < 4.78 is 0. The highest BCUT2D eigenvalue weighted by atomic mass is 15.3. The molecule has 114 valence electrons. The van der Waals surface area contributed by atoms with E-state index >= 15 is 0 Å². The van der Waals surface area contributed by atoms with E-state index in [1.807, 2.05) is 0 Å². The first-order valence-electron chi connectivity index (χ1n) is 8.36. The third-order valence-corrected chi connectivity index (χ3v) is 5.02. The van der Waals surface area contributed by atoms with E-state index in [0.29, 0.717) is 0 Å². The summed E-state index contributed by atoms with van der Waals surface area (Å²) in [6.45, 7) is 7.31. The summed E-state index contributed by atoms with van der Waals surface area (Å²) in [7, 11) is 0. The van der Waals surface area contributed by atoms with Crippen LogP contribution in [-0.2, 0) is 0 Å². The molecule has 1 aromatic carbocycles. The van der Waals surface area contributed by atoms with Crippen LogP contribution in [0.15, 0.2) is 23.2 Å². The average molecular weight is 285 g/mol. The van der Waals surface area contributed by atoms with E-state index in [1.165, 1.54) is 54.8 Å². The minimum Gasteiger partial charge on any atom is -0.378 e. The summed E-state index contributed by atoms with van der Waals surface area (Å²) in [6, 6.07) is 7.20. The number of anilines is 1. The fourth-order valence-electron chi connectivity index (χ4n) is 3.57. The molecule has 0 amide bonds. The fraction of sp³-hybridized carbons (Fsp3) is 0.611. The third kappa shape index (κ3) is 3.22. The molecule has 0 saturated heterocycles. The Morgan fingerprint density at radius 3 is 2.81 bits per heavy atom. The first-order chi connectivity index (χ1) is 10.3. The number of rotatable bonds is 4. The number of amidine groups is 1. The minimum absolute atomic E-state index is 0.736. The van der Waals surface area contributed by atoms with Gasteiger partial charge < -0.3 is 10.2 Å². The Labute approximate surface area is 128 Å². The van der Waals surface area contributed by atoms with Gasteiger partial charge in [0, 0.05) is 18.3 Å². The molecule has 1 aromatic rings. The second kappa shape index (κ2) is 6.50. The van der Waals surface area contributed by atoms with Crippen LogP contribution < -0.4 is 5.32 Å². The van der Waals surface area contributed by atoms with Gasteiger partial charge in [0.15, 0.2) is 0 Å². The lowest BCUT2D eigenvalue weighted by atomic mass is 9.94. The van der Waals surface area contributed by atoms with Gasteiger partial charge in [0.25, 0.3) is 0 Å². The number of benzene rings is 1. The van der Waals surface area contributed by atoms with Crippen LogP contribution in [0.4, 0.5) is 5.69 Å². The van der Waals surface area contributed by atoms with E-state index in [0.717, 1.165) is 25.7 Å². The molecule has 2 aliphatic rings. The summed E-state index contributed by atoms with van der Waals surface area (Å²) in [5.74, 6) is 1.27. The molecule has 1 N–H and O–H groups in total. The summed E-state index contributed by atoms with van der Waals surface area (Å²) in [4.78, 5) is 7.31. The molecule has 1 fully saturated rings. The van der Waals surface area contributed by atoms with Crippen molar-refractivity contribution in [1.29, 1.82) is 0 Å². The van der Waals surface area contributed by atoms with Crippen LogP contribution in [0.25, 0.3) is 0 Å². The molecule has 1 aliphatic carbocycles. The molecular weight excluding hydrogens is 258 g/mol. The Morgan fingerprint density at radius 2 is 2.00 bits per heavy atom. The molecule has 0 unspecified atom stereocenters. The van der Waals surface area contributed by atoms with Gasteiger partial charge >= 0.3 is 0 Å². The molecule has 1 aliphatic heterocycles. The van der Waals surface area contributed by atoms with Crippen LogP contribution in [-0.4, -0.2) is 36.4 Å². The Hall–Kier alpha value is -1.51. The van der Waals surface area contributed by atoms with Crippen molar-refractivity contribution in [2.24, 2.45) is 4.99 Å². The summed E-state index contributed by atoms with van der Waals surface area (Å²) in [6.07, 6.45) is 6.89. The van der Waals surface area contributed by atoms with E-state index in [1.54, 1.807) is 0 Å². The van der Waals surface area contributed by atoms with Gasteiger partial charge in [-0.05, 0) is 43.9 Å². The van der Waals surface area contributed by atoms with Crippen molar-refractivity contribution in [2.75, 3.05) is 25.0 Å². The topological polar surface area (TPSA) is 27.6 Å². The van der Waals surface area contributed by atoms with Crippen molar-refractivity contribution < 1.29 is 0 Å². The molecule has 0 bridgehead atoms. The van der Waals surface area contributed by atoms with Crippen molar-refractivity contribution in [3.63, 3.8) is 0 Å². The Bertz CT molecular complexity index is 515. The number of nitrogens with zero attached hydrogens (tertiary/aromatic N) is 2. The molecular formula is C18H27N3. The van der Waals surface area contributed by atoms with Crippen molar-refractivity contribution in [1.82, 2.24) is 4.90 Å². The lowest BCUT2D eigenvalue weighted by Crippen LogP contribution is -2.42. The molecule has 3 heteroatoms. The zero-order valence-electron chi connectivity index (χ0n) is 13.4. The highest BCUT2D eigenvalue weighted by Gasteiger charge is 2.26. The number of aryl methyl sites for hydroxylation is 1. The summed E-state index contributed by atoms with van der Waals surface area (Å²) >= 11 is 0. The maximum absolute atomic E-state index is 4.74. The lowest BCUT2D eigenvalue weighted by Gasteiger charge is -2.33. The smallest absolute Gasteiger partial charge is 0.119 e. The van der Waals surface area contributed by atoms with Gasteiger partial charge in [0.05, 0.1) is 13.1 Å². The average Bonchev–Trinajstić information content (AvgIpc) is 2.98. The highest BCUT2D eigenvalue weighted by Crippen LogP contribution is 2.25. The van der Waals surface area contributed by atoms with E-state index in [-0.39, 0.29) is 0 Å². The Kier molecular flexibility index (Phi) is 4.47. The Morgan fingerprint density at radius 1 is 1.19 bits per heavy atom. The summed E-state index contributed by atoms with van der Waals surface area (Å²) in [5.41, 5.74) is 3.94. The van der Waals surface area contributed by atoms with Crippen LogP contribution in [0.5, 0.6) is 0 Å². The van der Waals surface area contributed by atoms with Crippen LogP contribution in [0.1, 0.15) is 43.2 Å². The fourth-order valence-corrected chi connectivity index (χ4v) is 3.57. The zero-order chi connectivity index (χ0) is 14.7. The van der Waals surface area contributed by atoms with Gasteiger partial charge in [0.1, 0.15) is 5.84 Å². The molecule has 1 saturated carbocycles. The van der Waals surface area contributed by atoms with Crippen LogP contribution in [0.3, 0.4) is 0 Å². The number of hydrogen-bond donors (Lipinski definition) is 1. The van der Waals surface area contributed by atoms with Crippen molar-refractivity contribution in [3.8, 4) is 0 Å². The van der Waals surface area contributed by atoms with Crippen LogP contribution in [0.2, 0.25) is 0 Å². The summed E-state index contributed by atoms with van der Waals surface area (Å²) in [5, 5.41) is 3.59. The van der Waals surface area contributed by atoms with Crippen LogP contribution >= 0.6 is 0 Å². The molecule has 0 atom stereocenters. The monoisotopic (exact) mass is 285 g/mol. The van der Waals surface area contributed by atoms with Gasteiger partial charge in [-0.1, -0.05) is 31.4 Å². The van der Waals surface area contributed by atoms with E-state index in [4.69, 9.17) is 4.99 Å². The molecule has 0 radical (unpaired) electrons. The van der Waals surface area contributed by atoms with Crippen molar-refractivity contribution >= 4 is 11.5 Å². The second-order valence-corrected chi connectivity index (χ2v) is 6.38. The predicted molar refractivity (Wildman–Crippen MR) is 90.3 cm³/mol. The Balaban J connectivity index is 1.62. The molecule has 0 spiro atoms. The molecule has 1 heterocycles. The maximum Gasteiger partial charge on any atom is 0.119 e. The van der Waals surface area contributed by atoms with E-state index in [2.05, 4.69) is 42.3 Å². The largest absolute Gasteiger partial charge is 0.378 e. The van der Waals surface area contributed by atoms with Gasteiger partial charge in [-0.2, -0.15) is 0 Å². The first kappa shape index (κ1) is 14.4. The molecule has 21 heavy (non-hydrogen) atoms.